The summed E-state index contributed by atoms with van der Waals surface area (Å²) in [5.41, 5.74) is 1.59. The molecule has 5 heteroatoms. The summed E-state index contributed by atoms with van der Waals surface area (Å²) < 4.78 is 0. The number of thiophene rings is 1. The molecule has 1 aromatic carbocycles. The molecule has 28 heavy (non-hydrogen) atoms. The van der Waals surface area contributed by atoms with Crippen molar-refractivity contribution in [3.8, 4) is 6.07 Å². The van der Waals surface area contributed by atoms with E-state index in [0.29, 0.717) is 5.92 Å². The Labute approximate surface area is 173 Å². The van der Waals surface area contributed by atoms with E-state index in [1.54, 1.807) is 18.3 Å². The number of nitriles is 1. The lowest BCUT2D eigenvalue weighted by molar-refractivity contribution is -0.121. The fourth-order valence-corrected chi connectivity index (χ4v) is 3.81. The predicted octanol–water partition coefficient (Wildman–Crippen LogP) is 4.68. The van der Waals surface area contributed by atoms with Crippen LogP contribution < -0.4 is 10.6 Å². The smallest absolute Gasteiger partial charge is 0.235 e. The molecule has 1 heterocycles. The van der Waals surface area contributed by atoms with E-state index in [1.807, 2.05) is 25.3 Å². The summed E-state index contributed by atoms with van der Waals surface area (Å²) in [6.45, 7) is 10.2. The van der Waals surface area contributed by atoms with Gasteiger partial charge in [0.25, 0.3) is 0 Å². The molecule has 2 atom stereocenters. The summed E-state index contributed by atoms with van der Waals surface area (Å²) >= 11 is 1.67. The second kappa shape index (κ2) is 9.86. The standard InChI is InChI=1S/C23H31N3OS/c1-16(2)13-18-8-10-19(11-9-18)22(20-7-6-12-28-20)25-14-21(27)26-23(5,15-24)17(3)4/h6-12,16-17,22,25H,13-14H2,1-5H3,(H,26,27)/t22-,23-/m1/s1. The zero-order valence-corrected chi connectivity index (χ0v) is 18.3. The Kier molecular flexibility index (Phi) is 7.79. The second-order valence-electron chi connectivity index (χ2n) is 8.19. The van der Waals surface area contributed by atoms with Crippen LogP contribution in [0.3, 0.4) is 0 Å². The first-order valence-corrected chi connectivity index (χ1v) is 10.7. The van der Waals surface area contributed by atoms with Crippen molar-refractivity contribution in [1.29, 1.82) is 5.26 Å². The number of hydrogen-bond donors (Lipinski definition) is 2. The fourth-order valence-electron chi connectivity index (χ4n) is 2.99. The Hall–Kier alpha value is -2.16. The number of benzene rings is 1. The van der Waals surface area contributed by atoms with Crippen LogP contribution in [-0.4, -0.2) is 18.0 Å². The topological polar surface area (TPSA) is 64.9 Å². The van der Waals surface area contributed by atoms with Gasteiger partial charge in [0.1, 0.15) is 5.54 Å². The fraction of sp³-hybridized carbons (Fsp3) is 0.478. The minimum atomic E-state index is -0.865. The maximum atomic E-state index is 12.5. The zero-order chi connectivity index (χ0) is 20.7. The highest BCUT2D eigenvalue weighted by Gasteiger charge is 2.30. The molecule has 150 valence electrons. The third kappa shape index (κ3) is 5.92. The van der Waals surface area contributed by atoms with Crippen LogP contribution in [0.1, 0.15) is 56.7 Å². The van der Waals surface area contributed by atoms with Crippen LogP contribution in [0.4, 0.5) is 0 Å². The number of nitrogens with one attached hydrogen (secondary N) is 2. The first kappa shape index (κ1) is 22.1. The number of carbonyl (C=O) groups is 1. The van der Waals surface area contributed by atoms with Crippen molar-refractivity contribution < 1.29 is 4.79 Å². The molecule has 0 aliphatic heterocycles. The molecule has 2 N–H and O–H groups in total. The molecule has 0 bridgehead atoms. The lowest BCUT2D eigenvalue weighted by Crippen LogP contribution is -2.51. The minimum Gasteiger partial charge on any atom is -0.337 e. The van der Waals surface area contributed by atoms with Gasteiger partial charge in [-0.05, 0) is 47.8 Å². The van der Waals surface area contributed by atoms with Gasteiger partial charge in [-0.1, -0.05) is 58.0 Å². The van der Waals surface area contributed by atoms with E-state index in [9.17, 15) is 10.1 Å². The van der Waals surface area contributed by atoms with Crippen molar-refractivity contribution >= 4 is 17.2 Å². The van der Waals surface area contributed by atoms with E-state index >= 15 is 0 Å². The van der Waals surface area contributed by atoms with Gasteiger partial charge >= 0.3 is 0 Å². The number of nitrogens with zero attached hydrogens (tertiary/aromatic N) is 1. The lowest BCUT2D eigenvalue weighted by atomic mass is 9.90. The van der Waals surface area contributed by atoms with Crippen molar-refractivity contribution in [2.45, 2.75) is 52.6 Å². The highest BCUT2D eigenvalue weighted by molar-refractivity contribution is 7.10. The summed E-state index contributed by atoms with van der Waals surface area (Å²) in [4.78, 5) is 13.6. The van der Waals surface area contributed by atoms with Crippen molar-refractivity contribution in [2.24, 2.45) is 11.8 Å². The van der Waals surface area contributed by atoms with E-state index in [1.165, 1.54) is 5.56 Å². The van der Waals surface area contributed by atoms with Crippen LogP contribution in [-0.2, 0) is 11.2 Å². The van der Waals surface area contributed by atoms with E-state index in [0.717, 1.165) is 16.9 Å². The Bertz CT molecular complexity index is 790. The Morgan fingerprint density at radius 3 is 2.36 bits per heavy atom. The predicted molar refractivity (Wildman–Crippen MR) is 116 cm³/mol. The van der Waals surface area contributed by atoms with Gasteiger partial charge in [0.15, 0.2) is 0 Å². The molecular formula is C23H31N3OS. The average molecular weight is 398 g/mol. The summed E-state index contributed by atoms with van der Waals surface area (Å²) in [6, 6.07) is 14.9. The van der Waals surface area contributed by atoms with Crippen LogP contribution in [0, 0.1) is 23.2 Å². The Balaban J connectivity index is 2.11. The van der Waals surface area contributed by atoms with Crippen molar-refractivity contribution in [3.63, 3.8) is 0 Å². The van der Waals surface area contributed by atoms with Gasteiger partial charge in [-0.15, -0.1) is 11.3 Å². The van der Waals surface area contributed by atoms with Gasteiger partial charge in [0.05, 0.1) is 18.7 Å². The summed E-state index contributed by atoms with van der Waals surface area (Å²) in [5, 5.41) is 17.7. The van der Waals surface area contributed by atoms with Gasteiger partial charge in [0, 0.05) is 4.88 Å². The zero-order valence-electron chi connectivity index (χ0n) is 17.5. The molecule has 2 aromatic rings. The maximum Gasteiger partial charge on any atom is 0.235 e. The second-order valence-corrected chi connectivity index (χ2v) is 9.17. The molecule has 0 saturated carbocycles. The lowest BCUT2D eigenvalue weighted by Gasteiger charge is -2.28. The molecule has 0 radical (unpaired) electrons. The first-order valence-electron chi connectivity index (χ1n) is 9.83. The van der Waals surface area contributed by atoms with E-state index in [4.69, 9.17) is 0 Å². The summed E-state index contributed by atoms with van der Waals surface area (Å²) in [7, 11) is 0. The van der Waals surface area contributed by atoms with Crippen molar-refractivity contribution in [3.05, 3.63) is 57.8 Å². The van der Waals surface area contributed by atoms with Gasteiger partial charge < -0.3 is 5.32 Å². The normalized spacial score (nSPS) is 14.5. The molecule has 0 unspecified atom stereocenters. The number of carbonyl (C=O) groups excluding carboxylic acids is 1. The number of hydrogen-bond acceptors (Lipinski definition) is 4. The number of amides is 1. The highest BCUT2D eigenvalue weighted by atomic mass is 32.1. The SMILES string of the molecule is CC(C)Cc1ccc([C@@H](NCC(=O)N[C@](C)(C#N)C(C)C)c2cccs2)cc1. The monoisotopic (exact) mass is 397 g/mol. The molecule has 0 spiro atoms. The highest BCUT2D eigenvalue weighted by Crippen LogP contribution is 2.26. The molecule has 1 amide bonds. The van der Waals surface area contributed by atoms with E-state index in [2.05, 4.69) is 60.9 Å². The summed E-state index contributed by atoms with van der Waals surface area (Å²) in [5.74, 6) is 0.481. The third-order valence-corrected chi connectivity index (χ3v) is 5.97. The molecular weight excluding hydrogens is 366 g/mol. The van der Waals surface area contributed by atoms with Crippen LogP contribution in [0.5, 0.6) is 0 Å². The van der Waals surface area contributed by atoms with Crippen LogP contribution >= 0.6 is 11.3 Å². The first-order chi connectivity index (χ1) is 13.2. The van der Waals surface area contributed by atoms with Gasteiger partial charge in [-0.2, -0.15) is 5.26 Å². The molecule has 0 saturated heterocycles. The van der Waals surface area contributed by atoms with Gasteiger partial charge in [-0.3, -0.25) is 10.1 Å². The van der Waals surface area contributed by atoms with E-state index < -0.39 is 5.54 Å². The molecule has 2 rings (SSSR count). The van der Waals surface area contributed by atoms with Crippen LogP contribution in [0.2, 0.25) is 0 Å². The summed E-state index contributed by atoms with van der Waals surface area (Å²) in [6.07, 6.45) is 1.06. The van der Waals surface area contributed by atoms with Crippen molar-refractivity contribution in [2.75, 3.05) is 6.54 Å². The largest absolute Gasteiger partial charge is 0.337 e. The quantitative estimate of drug-likeness (QED) is 0.646. The Morgan fingerprint density at radius 2 is 1.86 bits per heavy atom. The van der Waals surface area contributed by atoms with Crippen LogP contribution in [0.25, 0.3) is 0 Å². The van der Waals surface area contributed by atoms with Gasteiger partial charge in [0.2, 0.25) is 5.91 Å². The molecule has 0 aliphatic rings. The average Bonchev–Trinajstić information content (AvgIpc) is 3.17. The Morgan fingerprint density at radius 1 is 1.18 bits per heavy atom. The molecule has 1 aromatic heterocycles. The number of rotatable bonds is 9. The van der Waals surface area contributed by atoms with E-state index in [-0.39, 0.29) is 24.4 Å². The van der Waals surface area contributed by atoms with Crippen LogP contribution in [0.15, 0.2) is 41.8 Å². The molecule has 4 nitrogen and oxygen atoms in total. The molecule has 0 aliphatic carbocycles. The maximum absolute atomic E-state index is 12.5. The third-order valence-electron chi connectivity index (χ3n) is 5.04. The minimum absolute atomic E-state index is 0.0306. The van der Waals surface area contributed by atoms with Crippen molar-refractivity contribution in [1.82, 2.24) is 10.6 Å². The molecule has 0 fully saturated rings. The van der Waals surface area contributed by atoms with Gasteiger partial charge in [-0.25, -0.2) is 0 Å².